The number of ether oxygens (including phenoxy) is 1. The number of benzene rings is 1. The Balaban J connectivity index is 0.00000243. The molecule has 3 rings (SSSR count). The number of nitrogens with zero attached hydrogens (tertiary/aromatic N) is 2. The Morgan fingerprint density at radius 1 is 1.46 bits per heavy atom. The Morgan fingerprint density at radius 3 is 2.96 bits per heavy atom. The van der Waals surface area contributed by atoms with Crippen LogP contribution in [-0.2, 0) is 11.8 Å². The number of halogens is 1. The van der Waals surface area contributed by atoms with Gasteiger partial charge in [-0.15, -0.1) is 12.4 Å². The van der Waals surface area contributed by atoms with Crippen LogP contribution in [0.2, 0.25) is 0 Å². The first kappa shape index (κ1) is 20.3. The van der Waals surface area contributed by atoms with E-state index in [-0.39, 0.29) is 36.2 Å². The van der Waals surface area contributed by atoms with Crippen LogP contribution in [0.1, 0.15) is 24.0 Å². The van der Waals surface area contributed by atoms with Gasteiger partial charge in [-0.25, -0.2) is 0 Å². The monoisotopic (exact) mass is 378 g/mol. The second-order valence-electron chi connectivity index (χ2n) is 6.86. The molecule has 0 spiro atoms. The highest BCUT2D eigenvalue weighted by molar-refractivity contribution is 5.85. The van der Waals surface area contributed by atoms with Crippen LogP contribution < -0.4 is 15.4 Å². The van der Waals surface area contributed by atoms with E-state index in [9.17, 15) is 4.79 Å². The molecule has 1 unspecified atom stereocenters. The van der Waals surface area contributed by atoms with E-state index >= 15 is 0 Å². The molecular weight excluding hydrogens is 352 g/mol. The van der Waals surface area contributed by atoms with Gasteiger partial charge in [-0.1, -0.05) is 12.1 Å². The largest absolute Gasteiger partial charge is 0.491 e. The van der Waals surface area contributed by atoms with Crippen LogP contribution in [0, 0.1) is 12.8 Å². The van der Waals surface area contributed by atoms with Gasteiger partial charge in [0.05, 0.1) is 18.2 Å². The molecule has 2 aromatic rings. The number of hydrogen-bond donors (Lipinski definition) is 2. The first-order valence-electron chi connectivity index (χ1n) is 8.72. The van der Waals surface area contributed by atoms with Crippen molar-refractivity contribution < 1.29 is 9.53 Å². The summed E-state index contributed by atoms with van der Waals surface area (Å²) >= 11 is 0. The minimum atomic E-state index is -0.0781. The van der Waals surface area contributed by atoms with Gasteiger partial charge in [0.25, 0.3) is 0 Å². The summed E-state index contributed by atoms with van der Waals surface area (Å²) in [5, 5.41) is 10.6. The van der Waals surface area contributed by atoms with E-state index in [4.69, 9.17) is 4.74 Å². The summed E-state index contributed by atoms with van der Waals surface area (Å²) in [5.74, 6) is 0.986. The zero-order chi connectivity index (χ0) is 17.8. The quantitative estimate of drug-likeness (QED) is 0.807. The van der Waals surface area contributed by atoms with Gasteiger partial charge in [-0.05, 0) is 37.1 Å². The van der Waals surface area contributed by atoms with Crippen molar-refractivity contribution in [1.29, 1.82) is 0 Å². The molecule has 1 saturated heterocycles. The third-order valence-electron chi connectivity index (χ3n) is 4.58. The molecule has 142 valence electrons. The molecule has 0 saturated carbocycles. The zero-order valence-electron chi connectivity index (χ0n) is 15.4. The van der Waals surface area contributed by atoms with Crippen LogP contribution in [0.25, 0.3) is 0 Å². The topological polar surface area (TPSA) is 68.2 Å². The molecule has 1 aromatic heterocycles. The number of hydrogen-bond acceptors (Lipinski definition) is 4. The lowest BCUT2D eigenvalue weighted by molar-refractivity contribution is -0.125. The van der Waals surface area contributed by atoms with Crippen molar-refractivity contribution in [3.63, 3.8) is 0 Å². The molecule has 2 heterocycles. The molecule has 1 fully saturated rings. The lowest BCUT2D eigenvalue weighted by Gasteiger charge is -2.21. The van der Waals surface area contributed by atoms with Crippen LogP contribution in [0.5, 0.6) is 5.75 Å². The fraction of sp³-hybridized carbons (Fsp3) is 0.474. The molecule has 3 atom stereocenters. The van der Waals surface area contributed by atoms with Gasteiger partial charge >= 0.3 is 0 Å². The molecule has 6 nitrogen and oxygen atoms in total. The van der Waals surface area contributed by atoms with Crippen molar-refractivity contribution in [3.05, 3.63) is 47.8 Å². The van der Waals surface area contributed by atoms with Gasteiger partial charge in [-0.3, -0.25) is 9.48 Å². The number of nitrogens with one attached hydrogen (secondary N) is 2. The number of rotatable bonds is 6. The van der Waals surface area contributed by atoms with Gasteiger partial charge in [-0.2, -0.15) is 5.10 Å². The molecule has 0 radical (unpaired) electrons. The highest BCUT2D eigenvalue weighted by Gasteiger charge is 2.35. The maximum atomic E-state index is 12.7. The molecular formula is C19H27ClN4O2. The van der Waals surface area contributed by atoms with Crippen molar-refractivity contribution in [1.82, 2.24) is 20.4 Å². The van der Waals surface area contributed by atoms with Gasteiger partial charge in [0.2, 0.25) is 5.91 Å². The summed E-state index contributed by atoms with van der Waals surface area (Å²) in [6.07, 6.45) is 3.84. The summed E-state index contributed by atoms with van der Waals surface area (Å²) in [6, 6.07) is 7.87. The van der Waals surface area contributed by atoms with Gasteiger partial charge in [0.1, 0.15) is 12.4 Å². The highest BCUT2D eigenvalue weighted by Crippen LogP contribution is 2.28. The Bertz CT molecular complexity index is 734. The number of carbonyl (C=O) groups is 1. The molecule has 0 bridgehead atoms. The molecule has 1 aliphatic heterocycles. The summed E-state index contributed by atoms with van der Waals surface area (Å²) in [5.41, 5.74) is 2.27. The summed E-state index contributed by atoms with van der Waals surface area (Å²) in [6.45, 7) is 5.95. The SMILES string of the molecule is Cc1cccc(OCC(C)NC(=O)[C@H]2CNC[C@@H]2c2cnn(C)c2)c1.Cl. The van der Waals surface area contributed by atoms with Crippen molar-refractivity contribution in [3.8, 4) is 5.75 Å². The van der Waals surface area contributed by atoms with Gasteiger partial charge in [0.15, 0.2) is 0 Å². The van der Waals surface area contributed by atoms with Crippen molar-refractivity contribution in [2.45, 2.75) is 25.8 Å². The maximum Gasteiger partial charge on any atom is 0.225 e. The van der Waals surface area contributed by atoms with E-state index < -0.39 is 0 Å². The lowest BCUT2D eigenvalue weighted by Crippen LogP contribution is -2.42. The Labute approximate surface area is 160 Å². The second-order valence-corrected chi connectivity index (χ2v) is 6.86. The average molecular weight is 379 g/mol. The lowest BCUT2D eigenvalue weighted by atomic mass is 9.90. The molecule has 2 N–H and O–H groups in total. The summed E-state index contributed by atoms with van der Waals surface area (Å²) in [7, 11) is 1.89. The van der Waals surface area contributed by atoms with Crippen LogP contribution >= 0.6 is 12.4 Å². The fourth-order valence-corrected chi connectivity index (χ4v) is 3.25. The zero-order valence-corrected chi connectivity index (χ0v) is 16.3. The van der Waals surface area contributed by atoms with Gasteiger partial charge in [0, 0.05) is 32.3 Å². The number of carbonyl (C=O) groups excluding carboxylic acids is 1. The number of amides is 1. The molecule has 1 amide bonds. The molecule has 1 aromatic carbocycles. The maximum absolute atomic E-state index is 12.7. The Hall–Kier alpha value is -2.05. The molecule has 7 heteroatoms. The Morgan fingerprint density at radius 2 is 2.27 bits per heavy atom. The molecule has 0 aliphatic carbocycles. The van der Waals surface area contributed by atoms with E-state index in [0.29, 0.717) is 13.2 Å². The average Bonchev–Trinajstić information content (AvgIpc) is 3.21. The fourth-order valence-electron chi connectivity index (χ4n) is 3.25. The first-order valence-corrected chi connectivity index (χ1v) is 8.72. The van der Waals surface area contributed by atoms with Crippen molar-refractivity contribution >= 4 is 18.3 Å². The first-order chi connectivity index (χ1) is 12.0. The standard InChI is InChI=1S/C19H26N4O2.ClH/c1-13-5-4-6-16(7-13)25-12-14(2)22-19(24)18-10-20-9-17(18)15-8-21-23(3)11-15;/h4-8,11,14,17-18,20H,9-10,12H2,1-3H3,(H,22,24);1H/t14?,17-,18+;/m1./s1. The highest BCUT2D eigenvalue weighted by atomic mass is 35.5. The predicted molar refractivity (Wildman–Crippen MR) is 104 cm³/mol. The third kappa shape index (κ3) is 4.99. The summed E-state index contributed by atoms with van der Waals surface area (Å²) < 4.78 is 7.56. The smallest absolute Gasteiger partial charge is 0.225 e. The minimum absolute atomic E-state index is 0. The van der Waals surface area contributed by atoms with Crippen LogP contribution in [0.15, 0.2) is 36.7 Å². The van der Waals surface area contributed by atoms with E-state index in [1.807, 2.05) is 57.6 Å². The third-order valence-corrected chi connectivity index (χ3v) is 4.58. The normalized spacial score (nSPS) is 20.3. The second kappa shape index (κ2) is 9.05. The Kier molecular flexibility index (Phi) is 7.06. The van der Waals surface area contributed by atoms with E-state index in [2.05, 4.69) is 15.7 Å². The number of aromatic nitrogens is 2. The molecule has 26 heavy (non-hydrogen) atoms. The predicted octanol–water partition coefficient (Wildman–Crippen LogP) is 2.04. The van der Waals surface area contributed by atoms with Crippen molar-refractivity contribution in [2.75, 3.05) is 19.7 Å². The summed E-state index contributed by atoms with van der Waals surface area (Å²) in [4.78, 5) is 12.7. The van der Waals surface area contributed by atoms with Crippen LogP contribution in [0.4, 0.5) is 0 Å². The van der Waals surface area contributed by atoms with Crippen LogP contribution in [0.3, 0.4) is 0 Å². The molecule has 1 aliphatic rings. The van der Waals surface area contributed by atoms with E-state index in [0.717, 1.165) is 23.4 Å². The van der Waals surface area contributed by atoms with Crippen LogP contribution in [-0.4, -0.2) is 41.4 Å². The van der Waals surface area contributed by atoms with Gasteiger partial charge < -0.3 is 15.4 Å². The number of aryl methyl sites for hydroxylation is 2. The van der Waals surface area contributed by atoms with E-state index in [1.54, 1.807) is 4.68 Å². The van der Waals surface area contributed by atoms with Crippen molar-refractivity contribution in [2.24, 2.45) is 13.0 Å². The van der Waals surface area contributed by atoms with E-state index in [1.165, 1.54) is 0 Å². The minimum Gasteiger partial charge on any atom is -0.491 e.